The first-order valence-corrected chi connectivity index (χ1v) is 4.77. The molecule has 0 spiro atoms. The van der Waals surface area contributed by atoms with Gasteiger partial charge in [-0.25, -0.2) is 0 Å². The largest absolute Gasteiger partial charge is 0.392 e. The Labute approximate surface area is 75.1 Å². The van der Waals surface area contributed by atoms with Crippen molar-refractivity contribution >= 4 is 0 Å². The molecule has 3 nitrogen and oxygen atoms in total. The summed E-state index contributed by atoms with van der Waals surface area (Å²) in [5, 5.41) is 12.3. The predicted octanol–water partition coefficient (Wildman–Crippen LogP) is 0.773. The summed E-state index contributed by atoms with van der Waals surface area (Å²) in [7, 11) is 0. The Balaban J connectivity index is 2.90. The van der Waals surface area contributed by atoms with Gasteiger partial charge in [0, 0.05) is 19.7 Å². The van der Waals surface area contributed by atoms with E-state index in [2.05, 4.69) is 12.2 Å². The molecule has 0 saturated carbocycles. The van der Waals surface area contributed by atoms with Gasteiger partial charge in [-0.2, -0.15) is 0 Å². The Hall–Kier alpha value is -0.120. The molecular weight excluding hydrogens is 154 g/mol. The number of ether oxygens (including phenoxy) is 1. The molecule has 0 aromatic heterocycles. The van der Waals surface area contributed by atoms with E-state index in [-0.39, 0.29) is 6.10 Å². The summed E-state index contributed by atoms with van der Waals surface area (Å²) in [4.78, 5) is 0. The Morgan fingerprint density at radius 3 is 2.67 bits per heavy atom. The molecule has 1 unspecified atom stereocenters. The lowest BCUT2D eigenvalue weighted by Gasteiger charge is -2.08. The molecule has 0 aliphatic heterocycles. The zero-order chi connectivity index (χ0) is 9.23. The molecule has 3 heteroatoms. The highest BCUT2D eigenvalue weighted by Crippen LogP contribution is 1.85. The topological polar surface area (TPSA) is 41.5 Å². The van der Waals surface area contributed by atoms with Crippen molar-refractivity contribution in [3.8, 4) is 0 Å². The van der Waals surface area contributed by atoms with Crippen LogP contribution in [0.5, 0.6) is 0 Å². The van der Waals surface area contributed by atoms with Crippen LogP contribution in [0.15, 0.2) is 0 Å². The summed E-state index contributed by atoms with van der Waals surface area (Å²) < 4.78 is 5.25. The van der Waals surface area contributed by atoms with Gasteiger partial charge in [0.2, 0.25) is 0 Å². The van der Waals surface area contributed by atoms with Gasteiger partial charge in [0.15, 0.2) is 0 Å². The van der Waals surface area contributed by atoms with Crippen molar-refractivity contribution in [2.75, 3.05) is 26.3 Å². The van der Waals surface area contributed by atoms with E-state index in [9.17, 15) is 0 Å². The van der Waals surface area contributed by atoms with Crippen molar-refractivity contribution in [3.05, 3.63) is 0 Å². The molecule has 0 saturated heterocycles. The van der Waals surface area contributed by atoms with E-state index >= 15 is 0 Å². The van der Waals surface area contributed by atoms with E-state index in [0.29, 0.717) is 6.54 Å². The Bertz CT molecular complexity index is 88.6. The Morgan fingerprint density at radius 1 is 1.33 bits per heavy atom. The predicted molar refractivity (Wildman–Crippen MR) is 50.3 cm³/mol. The molecule has 0 aliphatic rings. The van der Waals surface area contributed by atoms with Gasteiger partial charge in [0.05, 0.1) is 12.7 Å². The highest BCUT2D eigenvalue weighted by atomic mass is 16.5. The van der Waals surface area contributed by atoms with Gasteiger partial charge >= 0.3 is 0 Å². The summed E-state index contributed by atoms with van der Waals surface area (Å²) in [6.07, 6.45) is 1.66. The molecule has 0 radical (unpaired) electrons. The first-order chi connectivity index (χ1) is 5.81. The number of aliphatic hydroxyl groups excluding tert-OH is 1. The maximum Gasteiger partial charge on any atom is 0.0662 e. The highest BCUT2D eigenvalue weighted by Gasteiger charge is 1.97. The van der Waals surface area contributed by atoms with E-state index in [0.717, 1.165) is 32.6 Å². The van der Waals surface area contributed by atoms with Crippen molar-refractivity contribution in [3.63, 3.8) is 0 Å². The second-order valence-electron chi connectivity index (χ2n) is 2.88. The Morgan fingerprint density at radius 2 is 2.08 bits per heavy atom. The van der Waals surface area contributed by atoms with Gasteiger partial charge in [-0.15, -0.1) is 0 Å². The van der Waals surface area contributed by atoms with Crippen LogP contribution in [0.3, 0.4) is 0 Å². The zero-order valence-corrected chi connectivity index (χ0v) is 8.18. The molecule has 0 aromatic rings. The molecule has 12 heavy (non-hydrogen) atoms. The summed E-state index contributed by atoms with van der Waals surface area (Å²) >= 11 is 0. The third-order valence-corrected chi connectivity index (χ3v) is 1.62. The number of rotatable bonds is 8. The zero-order valence-electron chi connectivity index (χ0n) is 8.18. The maximum absolute atomic E-state index is 9.16. The van der Waals surface area contributed by atoms with E-state index in [1.807, 2.05) is 6.92 Å². The molecule has 2 N–H and O–H groups in total. The summed E-state index contributed by atoms with van der Waals surface area (Å²) in [5.74, 6) is 0. The summed E-state index contributed by atoms with van der Waals surface area (Å²) in [6, 6.07) is 0. The van der Waals surface area contributed by atoms with Crippen LogP contribution in [0.25, 0.3) is 0 Å². The highest BCUT2D eigenvalue weighted by molar-refractivity contribution is 4.55. The first-order valence-electron chi connectivity index (χ1n) is 4.77. The van der Waals surface area contributed by atoms with E-state index in [1.165, 1.54) is 0 Å². The quantitative estimate of drug-likeness (QED) is 0.535. The fourth-order valence-corrected chi connectivity index (χ4v) is 0.804. The monoisotopic (exact) mass is 175 g/mol. The molecule has 0 heterocycles. The molecule has 0 aromatic carbocycles. The molecule has 74 valence electrons. The minimum atomic E-state index is -0.212. The van der Waals surface area contributed by atoms with Gasteiger partial charge < -0.3 is 15.2 Å². The molecule has 0 fully saturated rings. The van der Waals surface area contributed by atoms with Crippen LogP contribution in [0.4, 0.5) is 0 Å². The fraction of sp³-hybridized carbons (Fsp3) is 1.00. The molecule has 0 amide bonds. The third kappa shape index (κ3) is 7.98. The van der Waals surface area contributed by atoms with Gasteiger partial charge in [-0.3, -0.25) is 0 Å². The van der Waals surface area contributed by atoms with Gasteiger partial charge in [0.25, 0.3) is 0 Å². The molecule has 0 aliphatic carbocycles. The van der Waals surface area contributed by atoms with Crippen LogP contribution < -0.4 is 5.32 Å². The molecule has 0 rings (SSSR count). The van der Waals surface area contributed by atoms with Crippen LogP contribution in [-0.2, 0) is 4.74 Å². The van der Waals surface area contributed by atoms with Gasteiger partial charge in [-0.1, -0.05) is 13.8 Å². The first kappa shape index (κ1) is 11.9. The molecule has 1 atom stereocenters. The fourth-order valence-electron chi connectivity index (χ4n) is 0.804. The van der Waals surface area contributed by atoms with Gasteiger partial charge in [-0.05, 0) is 12.8 Å². The van der Waals surface area contributed by atoms with Crippen LogP contribution in [-0.4, -0.2) is 37.5 Å². The van der Waals surface area contributed by atoms with E-state index < -0.39 is 0 Å². The van der Waals surface area contributed by atoms with Crippen LogP contribution in [0, 0.1) is 0 Å². The number of aliphatic hydroxyl groups is 1. The number of hydrogen-bond donors (Lipinski definition) is 2. The van der Waals surface area contributed by atoms with Crippen molar-refractivity contribution in [1.82, 2.24) is 5.32 Å². The van der Waals surface area contributed by atoms with Crippen molar-refractivity contribution < 1.29 is 9.84 Å². The van der Waals surface area contributed by atoms with Crippen molar-refractivity contribution in [2.45, 2.75) is 32.8 Å². The number of nitrogens with one attached hydrogen (secondary N) is 1. The van der Waals surface area contributed by atoms with Crippen LogP contribution in [0.2, 0.25) is 0 Å². The van der Waals surface area contributed by atoms with Crippen molar-refractivity contribution in [2.24, 2.45) is 0 Å². The van der Waals surface area contributed by atoms with Gasteiger partial charge in [0.1, 0.15) is 0 Å². The van der Waals surface area contributed by atoms with E-state index in [4.69, 9.17) is 9.84 Å². The SMILES string of the molecule is CCCOCCNCC(O)CC. The van der Waals surface area contributed by atoms with Crippen LogP contribution in [0.1, 0.15) is 26.7 Å². The standard InChI is InChI=1S/C9H21NO2/c1-3-6-12-7-5-10-8-9(11)4-2/h9-11H,3-8H2,1-2H3. The second-order valence-corrected chi connectivity index (χ2v) is 2.88. The lowest BCUT2D eigenvalue weighted by atomic mass is 10.3. The minimum absolute atomic E-state index is 0.212. The average Bonchev–Trinajstić information content (AvgIpc) is 2.10. The Kier molecular flexibility index (Phi) is 8.88. The lowest BCUT2D eigenvalue weighted by Crippen LogP contribution is -2.29. The van der Waals surface area contributed by atoms with Crippen molar-refractivity contribution in [1.29, 1.82) is 0 Å². The normalized spacial score (nSPS) is 13.2. The molecule has 0 bridgehead atoms. The van der Waals surface area contributed by atoms with E-state index in [1.54, 1.807) is 0 Å². The number of hydrogen-bond acceptors (Lipinski definition) is 3. The maximum atomic E-state index is 9.16. The summed E-state index contributed by atoms with van der Waals surface area (Å²) in [5.41, 5.74) is 0. The molecular formula is C9H21NO2. The summed E-state index contributed by atoms with van der Waals surface area (Å²) in [6.45, 7) is 7.14. The van der Waals surface area contributed by atoms with Crippen LogP contribution >= 0.6 is 0 Å². The average molecular weight is 175 g/mol. The third-order valence-electron chi connectivity index (χ3n) is 1.62. The lowest BCUT2D eigenvalue weighted by molar-refractivity contribution is 0.127. The minimum Gasteiger partial charge on any atom is -0.392 e. The second kappa shape index (κ2) is 8.97. The smallest absolute Gasteiger partial charge is 0.0662 e.